The van der Waals surface area contributed by atoms with Gasteiger partial charge in [-0.2, -0.15) is 0 Å². The topological polar surface area (TPSA) is 177 Å². The Bertz CT molecular complexity index is 801. The summed E-state index contributed by atoms with van der Waals surface area (Å²) in [4.78, 5) is 26.2. The quantitative estimate of drug-likeness (QED) is 0.320. The van der Waals surface area contributed by atoms with Gasteiger partial charge in [-0.25, -0.2) is 4.68 Å². The molecule has 1 aliphatic heterocycles. The van der Waals surface area contributed by atoms with E-state index < -0.39 is 60.4 Å². The monoisotopic (exact) mass is 488 g/mol. The van der Waals surface area contributed by atoms with Gasteiger partial charge in [-0.15, -0.1) is 5.10 Å². The van der Waals surface area contributed by atoms with Crippen molar-refractivity contribution in [2.75, 3.05) is 19.7 Å². The van der Waals surface area contributed by atoms with Crippen molar-refractivity contribution < 1.29 is 44.2 Å². The summed E-state index contributed by atoms with van der Waals surface area (Å²) >= 11 is 0. The summed E-state index contributed by atoms with van der Waals surface area (Å²) < 4.78 is 17.3. The fourth-order valence-electron chi connectivity index (χ4n) is 3.32. The summed E-state index contributed by atoms with van der Waals surface area (Å²) in [6.45, 7) is 9.38. The minimum absolute atomic E-state index is 0.00983. The van der Waals surface area contributed by atoms with E-state index in [1.54, 1.807) is 41.5 Å². The Kier molecular flexibility index (Phi) is 9.13. The molecule has 0 amide bonds. The molecule has 2 heterocycles. The molecule has 0 spiro atoms. The number of carbonyl (C=O) groups is 2. The molecule has 13 nitrogen and oxygen atoms in total. The maximum atomic E-state index is 12.4. The number of hydrogen-bond donors (Lipinski definition) is 4. The molecule has 1 aliphatic rings. The zero-order valence-electron chi connectivity index (χ0n) is 20.4. The first kappa shape index (κ1) is 28.1. The lowest BCUT2D eigenvalue weighted by molar-refractivity contribution is -0.254. The van der Waals surface area contributed by atoms with Crippen LogP contribution < -0.4 is 0 Å². The van der Waals surface area contributed by atoms with Gasteiger partial charge >= 0.3 is 11.9 Å². The summed E-state index contributed by atoms with van der Waals surface area (Å²) in [7, 11) is 0. The second-order valence-electron chi connectivity index (χ2n) is 10.2. The first-order valence-electron chi connectivity index (χ1n) is 11.0. The van der Waals surface area contributed by atoms with Crippen molar-refractivity contribution in [3.05, 3.63) is 11.9 Å². The average molecular weight is 489 g/mol. The van der Waals surface area contributed by atoms with Gasteiger partial charge in [0.05, 0.1) is 31.6 Å². The van der Waals surface area contributed by atoms with Crippen molar-refractivity contribution in [3.8, 4) is 0 Å². The van der Waals surface area contributed by atoms with Crippen LogP contribution in [0, 0.1) is 0 Å². The highest BCUT2D eigenvalue weighted by molar-refractivity contribution is 5.75. The first-order chi connectivity index (χ1) is 15.6. The van der Waals surface area contributed by atoms with Gasteiger partial charge in [0.15, 0.2) is 6.23 Å². The second kappa shape index (κ2) is 11.1. The normalized spacial score (nSPS) is 25.9. The molecule has 194 valence electrons. The van der Waals surface area contributed by atoms with Crippen LogP contribution in [0.3, 0.4) is 0 Å². The van der Waals surface area contributed by atoms with Gasteiger partial charge in [0, 0.05) is 6.54 Å². The van der Waals surface area contributed by atoms with Crippen LogP contribution in [0.2, 0.25) is 0 Å². The molecule has 0 aliphatic carbocycles. The maximum absolute atomic E-state index is 12.4. The molecule has 1 aromatic rings. The summed E-state index contributed by atoms with van der Waals surface area (Å²) in [5, 5.41) is 47.5. The van der Waals surface area contributed by atoms with E-state index in [-0.39, 0.29) is 19.6 Å². The Morgan fingerprint density at radius 3 is 2.00 bits per heavy atom. The number of esters is 2. The molecule has 0 saturated carbocycles. The van der Waals surface area contributed by atoms with Crippen molar-refractivity contribution in [2.45, 2.75) is 89.9 Å². The standard InChI is InChI=1S/C21H36N4O9/c1-20(2,3)33-14(27)9-24(10-15(28)34-21(4,5)6)7-12-8-25(23-22-12)19-18(31)17(30)16(29)13(11-26)32-19/h8,13,16-19,26,29-31H,7,9-11H2,1-6H3/t13-,16-,17+,18-,19-/m1/s1. The number of aromatic nitrogens is 3. The number of aliphatic hydroxyl groups excluding tert-OH is 4. The van der Waals surface area contributed by atoms with Crippen LogP contribution in [0.15, 0.2) is 6.20 Å². The number of nitrogens with zero attached hydrogens (tertiary/aromatic N) is 4. The number of rotatable bonds is 8. The predicted molar refractivity (Wildman–Crippen MR) is 116 cm³/mol. The van der Waals surface area contributed by atoms with Gasteiger partial charge in [0.25, 0.3) is 0 Å². The molecule has 1 saturated heterocycles. The van der Waals surface area contributed by atoms with Crippen LogP contribution in [0.1, 0.15) is 53.5 Å². The molecule has 2 rings (SSSR count). The predicted octanol–water partition coefficient (Wildman–Crippen LogP) is -1.26. The van der Waals surface area contributed by atoms with Crippen LogP contribution in [0.25, 0.3) is 0 Å². The van der Waals surface area contributed by atoms with E-state index in [0.717, 1.165) is 4.68 Å². The van der Waals surface area contributed by atoms with Crippen LogP contribution in [0.5, 0.6) is 0 Å². The van der Waals surface area contributed by atoms with Crippen LogP contribution >= 0.6 is 0 Å². The average Bonchev–Trinajstić information content (AvgIpc) is 3.11. The summed E-state index contributed by atoms with van der Waals surface area (Å²) in [5.74, 6) is -1.09. The van der Waals surface area contributed by atoms with Crippen molar-refractivity contribution in [1.29, 1.82) is 0 Å². The lowest BCUT2D eigenvalue weighted by Crippen LogP contribution is -2.56. The molecular formula is C21H36N4O9. The zero-order valence-corrected chi connectivity index (χ0v) is 20.4. The highest BCUT2D eigenvalue weighted by Gasteiger charge is 2.44. The smallest absolute Gasteiger partial charge is 0.320 e. The Labute approximate surface area is 198 Å². The Hall–Kier alpha value is -2.16. The van der Waals surface area contributed by atoms with Crippen LogP contribution in [-0.2, 0) is 30.3 Å². The van der Waals surface area contributed by atoms with Crippen LogP contribution in [-0.4, -0.2) is 108 Å². The first-order valence-corrected chi connectivity index (χ1v) is 11.0. The molecule has 1 aromatic heterocycles. The molecule has 34 heavy (non-hydrogen) atoms. The summed E-state index contributed by atoms with van der Waals surface area (Å²) in [6.07, 6.45) is -5.53. The van der Waals surface area contributed by atoms with Gasteiger partial charge in [-0.3, -0.25) is 14.5 Å². The molecule has 0 aromatic carbocycles. The van der Waals surface area contributed by atoms with Gasteiger partial charge in [0.2, 0.25) is 0 Å². The Morgan fingerprint density at radius 2 is 1.53 bits per heavy atom. The van der Waals surface area contributed by atoms with Crippen molar-refractivity contribution in [1.82, 2.24) is 19.9 Å². The molecule has 0 unspecified atom stereocenters. The third kappa shape index (κ3) is 8.25. The summed E-state index contributed by atoms with van der Waals surface area (Å²) in [5.41, 5.74) is -1.09. The van der Waals surface area contributed by atoms with Gasteiger partial charge < -0.3 is 34.6 Å². The van der Waals surface area contributed by atoms with Crippen molar-refractivity contribution >= 4 is 11.9 Å². The second-order valence-corrected chi connectivity index (χ2v) is 10.2. The van der Waals surface area contributed by atoms with E-state index in [2.05, 4.69) is 10.3 Å². The van der Waals surface area contributed by atoms with Crippen molar-refractivity contribution in [2.24, 2.45) is 0 Å². The maximum Gasteiger partial charge on any atom is 0.320 e. The number of ether oxygens (including phenoxy) is 3. The van der Waals surface area contributed by atoms with E-state index in [1.807, 2.05) is 0 Å². The third-order valence-corrected chi connectivity index (χ3v) is 4.62. The van der Waals surface area contributed by atoms with E-state index in [9.17, 15) is 30.0 Å². The zero-order chi connectivity index (χ0) is 25.8. The highest BCUT2D eigenvalue weighted by Crippen LogP contribution is 2.27. The highest BCUT2D eigenvalue weighted by atomic mass is 16.6. The minimum atomic E-state index is -1.57. The molecule has 13 heteroatoms. The fraction of sp³-hybridized carbons (Fsp3) is 0.810. The Balaban J connectivity index is 2.16. The van der Waals surface area contributed by atoms with E-state index >= 15 is 0 Å². The largest absolute Gasteiger partial charge is 0.459 e. The van der Waals surface area contributed by atoms with Crippen LogP contribution in [0.4, 0.5) is 0 Å². The SMILES string of the molecule is CC(C)(C)OC(=O)CN(CC(=O)OC(C)(C)C)Cc1cn([C@@H]2O[C@H](CO)[C@@H](O)[C@H](O)[C@H]2O)nn1. The molecule has 0 radical (unpaired) electrons. The molecule has 0 bridgehead atoms. The lowest BCUT2D eigenvalue weighted by atomic mass is 9.98. The molecule has 1 fully saturated rings. The van der Waals surface area contributed by atoms with E-state index in [4.69, 9.17) is 14.2 Å². The number of carbonyl (C=O) groups excluding carboxylic acids is 2. The van der Waals surface area contributed by atoms with Crippen molar-refractivity contribution in [3.63, 3.8) is 0 Å². The van der Waals surface area contributed by atoms with Gasteiger partial charge in [0.1, 0.15) is 35.6 Å². The molecule has 5 atom stereocenters. The minimum Gasteiger partial charge on any atom is -0.459 e. The van der Waals surface area contributed by atoms with Gasteiger partial charge in [-0.05, 0) is 41.5 Å². The third-order valence-electron chi connectivity index (χ3n) is 4.62. The molecule has 4 N–H and O–H groups in total. The number of hydrogen-bond acceptors (Lipinski definition) is 12. The Morgan fingerprint density at radius 1 is 1.00 bits per heavy atom. The van der Waals surface area contributed by atoms with E-state index in [1.165, 1.54) is 11.1 Å². The van der Waals surface area contributed by atoms with Gasteiger partial charge in [-0.1, -0.05) is 5.21 Å². The van der Waals surface area contributed by atoms with E-state index in [0.29, 0.717) is 5.69 Å². The number of aliphatic hydroxyl groups is 4. The fourth-order valence-corrected chi connectivity index (χ4v) is 3.32. The molecular weight excluding hydrogens is 452 g/mol. The summed E-state index contributed by atoms with van der Waals surface area (Å²) in [6, 6.07) is 0. The lowest BCUT2D eigenvalue weighted by Gasteiger charge is -2.39.